The van der Waals surface area contributed by atoms with Crippen molar-refractivity contribution in [3.8, 4) is 0 Å². The third kappa shape index (κ3) is 1.39. The normalized spacial score (nSPS) is 10.6. The van der Waals surface area contributed by atoms with Gasteiger partial charge in [0.05, 0.1) is 0 Å². The van der Waals surface area contributed by atoms with Gasteiger partial charge >= 0.3 is 5.97 Å². The molecule has 1 aromatic carbocycles. The maximum atomic E-state index is 11.9. The Morgan fingerprint density at radius 2 is 2.00 bits per heavy atom. The largest absolute Gasteiger partial charge is 0.477 e. The number of rotatable bonds is 1. The van der Waals surface area contributed by atoms with Gasteiger partial charge in [-0.25, -0.2) is 4.79 Å². The molecule has 16 heavy (non-hydrogen) atoms. The van der Waals surface area contributed by atoms with Crippen LogP contribution in [0, 0.1) is 13.8 Å². The van der Waals surface area contributed by atoms with E-state index < -0.39 is 11.4 Å². The monoisotopic (exact) mass is 217 g/mol. The van der Waals surface area contributed by atoms with E-state index in [1.54, 1.807) is 6.07 Å². The molecule has 2 N–H and O–H groups in total. The van der Waals surface area contributed by atoms with Crippen molar-refractivity contribution in [2.75, 3.05) is 0 Å². The molecule has 0 aliphatic heterocycles. The number of hydrogen-bond donors (Lipinski definition) is 2. The summed E-state index contributed by atoms with van der Waals surface area (Å²) in [6.07, 6.45) is 1.24. The molecule has 4 heteroatoms. The highest BCUT2D eigenvalue weighted by atomic mass is 16.4. The minimum absolute atomic E-state index is 0.221. The van der Waals surface area contributed by atoms with Crippen LogP contribution in [-0.4, -0.2) is 16.1 Å². The number of aromatic carboxylic acids is 1. The lowest BCUT2D eigenvalue weighted by Gasteiger charge is -2.05. The van der Waals surface area contributed by atoms with Crippen molar-refractivity contribution in [3.05, 3.63) is 45.2 Å². The quantitative estimate of drug-likeness (QED) is 0.765. The predicted molar refractivity (Wildman–Crippen MR) is 61.0 cm³/mol. The molecule has 82 valence electrons. The molecule has 4 nitrogen and oxygen atoms in total. The average Bonchev–Trinajstić information content (AvgIpc) is 2.23. The summed E-state index contributed by atoms with van der Waals surface area (Å²) < 4.78 is 0. The smallest absolute Gasteiger partial charge is 0.341 e. The second-order valence-corrected chi connectivity index (χ2v) is 3.77. The molecule has 0 aliphatic carbocycles. The lowest BCUT2D eigenvalue weighted by atomic mass is 10.0. The molecule has 1 aromatic heterocycles. The van der Waals surface area contributed by atoms with E-state index in [1.807, 2.05) is 19.9 Å². The first kappa shape index (κ1) is 10.4. The number of hydrogen-bond acceptors (Lipinski definition) is 2. The van der Waals surface area contributed by atoms with Crippen LogP contribution in [0.25, 0.3) is 10.9 Å². The fraction of sp³-hybridized carbons (Fsp3) is 0.167. The number of benzene rings is 1. The molecule has 0 saturated heterocycles. The van der Waals surface area contributed by atoms with Crippen LogP contribution in [0.15, 0.2) is 23.1 Å². The Morgan fingerprint density at radius 1 is 1.31 bits per heavy atom. The van der Waals surface area contributed by atoms with E-state index in [-0.39, 0.29) is 5.56 Å². The Morgan fingerprint density at radius 3 is 2.62 bits per heavy atom. The third-order valence-corrected chi connectivity index (χ3v) is 2.81. The predicted octanol–water partition coefficient (Wildman–Crippen LogP) is 1.84. The number of fused-ring (bicyclic) bond motifs is 1. The van der Waals surface area contributed by atoms with Crippen molar-refractivity contribution in [1.29, 1.82) is 0 Å². The average molecular weight is 217 g/mol. The molecule has 0 amide bonds. The van der Waals surface area contributed by atoms with Crippen molar-refractivity contribution in [1.82, 2.24) is 4.98 Å². The molecular formula is C12H11NO3. The lowest BCUT2D eigenvalue weighted by Crippen LogP contribution is -2.16. The van der Waals surface area contributed by atoms with Gasteiger partial charge in [-0.2, -0.15) is 0 Å². The first-order valence-electron chi connectivity index (χ1n) is 4.87. The number of H-pyrrole nitrogens is 1. The fourth-order valence-corrected chi connectivity index (χ4v) is 1.74. The molecule has 0 aliphatic rings. The topological polar surface area (TPSA) is 70.2 Å². The van der Waals surface area contributed by atoms with Gasteiger partial charge in [0.1, 0.15) is 5.56 Å². The molecule has 2 rings (SSSR count). The van der Waals surface area contributed by atoms with Crippen LogP contribution in [0.2, 0.25) is 0 Å². The number of nitrogens with one attached hydrogen (secondary N) is 1. The van der Waals surface area contributed by atoms with Gasteiger partial charge in [-0.05, 0) is 31.0 Å². The number of pyridine rings is 1. The zero-order valence-corrected chi connectivity index (χ0v) is 9.00. The molecule has 0 radical (unpaired) electrons. The van der Waals surface area contributed by atoms with Crippen LogP contribution >= 0.6 is 0 Å². The molecule has 0 unspecified atom stereocenters. The Hall–Kier alpha value is -2.10. The van der Waals surface area contributed by atoms with Crippen molar-refractivity contribution >= 4 is 16.9 Å². The summed E-state index contributed by atoms with van der Waals surface area (Å²) in [5.41, 5.74) is 1.81. The molecule has 1 heterocycles. The van der Waals surface area contributed by atoms with E-state index >= 15 is 0 Å². The summed E-state index contributed by atoms with van der Waals surface area (Å²) in [6.45, 7) is 3.71. The van der Waals surface area contributed by atoms with Crippen LogP contribution in [0.1, 0.15) is 21.5 Å². The lowest BCUT2D eigenvalue weighted by molar-refractivity contribution is 0.0695. The van der Waals surface area contributed by atoms with E-state index in [9.17, 15) is 9.59 Å². The van der Waals surface area contributed by atoms with Crippen LogP contribution in [0.4, 0.5) is 0 Å². The van der Waals surface area contributed by atoms with E-state index in [1.165, 1.54) is 6.20 Å². The Labute approximate surface area is 91.5 Å². The van der Waals surface area contributed by atoms with E-state index in [0.717, 1.165) is 11.1 Å². The fourth-order valence-electron chi connectivity index (χ4n) is 1.74. The van der Waals surface area contributed by atoms with Crippen LogP contribution < -0.4 is 5.43 Å². The number of aromatic nitrogens is 1. The SMILES string of the molecule is Cc1ccc2[nH]cc(C(=O)O)c(=O)c2c1C. The molecular weight excluding hydrogens is 206 g/mol. The Balaban J connectivity index is 2.98. The van der Waals surface area contributed by atoms with Gasteiger partial charge in [0, 0.05) is 17.1 Å². The van der Waals surface area contributed by atoms with Gasteiger partial charge < -0.3 is 10.1 Å². The van der Waals surface area contributed by atoms with Gasteiger partial charge in [-0.15, -0.1) is 0 Å². The summed E-state index contributed by atoms with van der Waals surface area (Å²) in [4.78, 5) is 25.6. The molecule has 0 atom stereocenters. The van der Waals surface area contributed by atoms with Crippen molar-refractivity contribution in [2.24, 2.45) is 0 Å². The van der Waals surface area contributed by atoms with Gasteiger partial charge in [0.15, 0.2) is 0 Å². The van der Waals surface area contributed by atoms with Gasteiger partial charge in [-0.1, -0.05) is 6.07 Å². The summed E-state index contributed by atoms with van der Waals surface area (Å²) >= 11 is 0. The Kier molecular flexibility index (Phi) is 2.27. The minimum Gasteiger partial charge on any atom is -0.477 e. The second-order valence-electron chi connectivity index (χ2n) is 3.77. The minimum atomic E-state index is -1.20. The highest BCUT2D eigenvalue weighted by molar-refractivity contribution is 5.93. The first-order chi connectivity index (χ1) is 7.52. The summed E-state index contributed by atoms with van der Waals surface area (Å²) in [6, 6.07) is 3.68. The van der Waals surface area contributed by atoms with Crippen LogP contribution in [0.5, 0.6) is 0 Å². The number of aryl methyl sites for hydroxylation is 2. The van der Waals surface area contributed by atoms with Gasteiger partial charge in [0.25, 0.3) is 0 Å². The van der Waals surface area contributed by atoms with Crippen LogP contribution in [-0.2, 0) is 0 Å². The molecule has 0 spiro atoms. The molecule has 2 aromatic rings. The van der Waals surface area contributed by atoms with Crippen LogP contribution in [0.3, 0.4) is 0 Å². The molecule has 0 saturated carbocycles. The van der Waals surface area contributed by atoms with Gasteiger partial charge in [0.2, 0.25) is 5.43 Å². The number of aromatic amines is 1. The summed E-state index contributed by atoms with van der Waals surface area (Å²) in [7, 11) is 0. The number of carboxylic acid groups (broad SMARTS) is 1. The van der Waals surface area contributed by atoms with E-state index in [2.05, 4.69) is 4.98 Å². The number of carboxylic acids is 1. The highest BCUT2D eigenvalue weighted by Gasteiger charge is 2.13. The summed E-state index contributed by atoms with van der Waals surface area (Å²) in [5, 5.41) is 9.32. The third-order valence-electron chi connectivity index (χ3n) is 2.81. The van der Waals surface area contributed by atoms with Gasteiger partial charge in [-0.3, -0.25) is 4.79 Å². The maximum absolute atomic E-state index is 11.9. The highest BCUT2D eigenvalue weighted by Crippen LogP contribution is 2.16. The molecule has 0 fully saturated rings. The Bertz CT molecular complexity index is 640. The number of carbonyl (C=O) groups is 1. The van der Waals surface area contributed by atoms with E-state index in [0.29, 0.717) is 10.9 Å². The summed E-state index contributed by atoms with van der Waals surface area (Å²) in [5.74, 6) is -1.20. The van der Waals surface area contributed by atoms with Crippen molar-refractivity contribution in [3.63, 3.8) is 0 Å². The zero-order chi connectivity index (χ0) is 11.9. The standard InChI is InChI=1S/C12H11NO3/c1-6-3-4-9-10(7(6)2)11(14)8(5-13-9)12(15)16/h3-5H,1-2H3,(H,13,14)(H,15,16). The second kappa shape index (κ2) is 3.48. The zero-order valence-electron chi connectivity index (χ0n) is 9.00. The van der Waals surface area contributed by atoms with Crippen molar-refractivity contribution < 1.29 is 9.90 Å². The molecule has 0 bridgehead atoms. The van der Waals surface area contributed by atoms with E-state index in [4.69, 9.17) is 5.11 Å². The maximum Gasteiger partial charge on any atom is 0.341 e. The van der Waals surface area contributed by atoms with Crippen molar-refractivity contribution in [2.45, 2.75) is 13.8 Å². The first-order valence-corrected chi connectivity index (χ1v) is 4.87.